The Bertz CT molecular complexity index is 1620. The minimum absolute atomic E-state index is 0.244. The molecule has 3 heterocycles. The number of carbonyl (C=O) groups is 1. The monoisotopic (exact) mass is 1160 g/mol. The van der Waals surface area contributed by atoms with Crippen molar-refractivity contribution < 1.29 is 89.4 Å². The van der Waals surface area contributed by atoms with Crippen molar-refractivity contribution >= 4 is 5.91 Å². The highest BCUT2D eigenvalue weighted by molar-refractivity contribution is 5.76. The molecule has 81 heavy (non-hydrogen) atoms. The molecule has 3 rings (SSSR count). The number of nitrogens with one attached hydrogen (secondary N) is 1. The molecule has 0 spiro atoms. The van der Waals surface area contributed by atoms with E-state index in [0.29, 0.717) is 6.42 Å². The maximum atomic E-state index is 13.2. The second-order valence-corrected chi connectivity index (χ2v) is 22.9. The van der Waals surface area contributed by atoms with Gasteiger partial charge in [-0.25, -0.2) is 0 Å². The SMILES string of the molecule is CCCCC/C=C/C(O)C(COC1OC(CO)C(OC2OC(CO)C(OC3OC(CO)C(O)C(O)C3O)C(O)C2O)C(O)C1O)NC(=O)CCCCCCCCCCCCCCCCCCCCC/C=C\C/C=C\CCCCCCC. The molecule has 17 atom stereocenters. The van der Waals surface area contributed by atoms with Gasteiger partial charge in [0, 0.05) is 6.42 Å². The van der Waals surface area contributed by atoms with Crippen molar-refractivity contribution in [3.05, 3.63) is 36.5 Å². The fraction of sp³-hybridized carbons (Fsp3) is 0.887. The molecule has 19 nitrogen and oxygen atoms in total. The summed E-state index contributed by atoms with van der Waals surface area (Å²) in [6.45, 7) is 1.58. The van der Waals surface area contributed by atoms with Gasteiger partial charge in [-0.05, 0) is 51.4 Å². The van der Waals surface area contributed by atoms with Crippen molar-refractivity contribution in [3.8, 4) is 0 Å². The number of rotatable bonds is 47. The number of carbonyl (C=O) groups excluding carboxylic acids is 1. The fourth-order valence-electron chi connectivity index (χ4n) is 10.7. The second-order valence-electron chi connectivity index (χ2n) is 22.9. The Morgan fingerprint density at radius 2 is 0.815 bits per heavy atom. The third kappa shape index (κ3) is 28.8. The maximum absolute atomic E-state index is 13.2. The third-order valence-corrected chi connectivity index (χ3v) is 15.9. The highest BCUT2D eigenvalue weighted by Gasteiger charge is 2.53. The summed E-state index contributed by atoms with van der Waals surface area (Å²) < 4.78 is 34.1. The van der Waals surface area contributed by atoms with Gasteiger partial charge in [0.15, 0.2) is 18.9 Å². The van der Waals surface area contributed by atoms with Gasteiger partial charge < -0.3 is 89.9 Å². The first-order valence-electron chi connectivity index (χ1n) is 31.7. The van der Waals surface area contributed by atoms with Crippen LogP contribution < -0.4 is 5.32 Å². The van der Waals surface area contributed by atoms with Gasteiger partial charge in [0.05, 0.1) is 38.6 Å². The molecule has 0 aromatic carbocycles. The highest BCUT2D eigenvalue weighted by atomic mass is 16.8. The quantitative estimate of drug-likeness (QED) is 0.0229. The molecule has 1 amide bonds. The van der Waals surface area contributed by atoms with E-state index in [0.717, 1.165) is 51.4 Å². The molecule has 3 saturated heterocycles. The standard InChI is InChI=1S/C62H113NO18/c1-3-5-7-9-10-11-12-13-14-15-16-17-18-19-20-21-22-23-24-25-26-27-28-29-30-31-32-33-34-36-38-40-50(68)63-45(46(67)39-37-35-8-6-4-2)44-76-60-56(74)53(71)58(48(42-65)78-60)81-62-57(75)54(72)59(49(43-66)79-62)80-61-55(73)52(70)51(69)47(41-64)77-61/h12-13,15-16,37,39,45-49,51-62,64-67,69-75H,3-11,14,17-36,38,40-44H2,1-2H3,(H,63,68)/b13-12-,16-15-,39-37+. The number of hydrogen-bond acceptors (Lipinski definition) is 18. The summed E-state index contributed by atoms with van der Waals surface area (Å²) in [5, 5.41) is 119. The van der Waals surface area contributed by atoms with Crippen molar-refractivity contribution in [3.63, 3.8) is 0 Å². The van der Waals surface area contributed by atoms with Crippen LogP contribution in [0.3, 0.4) is 0 Å². The Labute approximate surface area is 485 Å². The first kappa shape index (κ1) is 73.3. The van der Waals surface area contributed by atoms with Crippen LogP contribution in [0.4, 0.5) is 0 Å². The lowest BCUT2D eigenvalue weighted by Gasteiger charge is -2.48. The first-order valence-corrected chi connectivity index (χ1v) is 31.7. The highest BCUT2D eigenvalue weighted by Crippen LogP contribution is 2.33. The number of hydrogen-bond donors (Lipinski definition) is 12. The molecule has 19 heteroatoms. The molecule has 3 fully saturated rings. The molecule has 0 aromatic rings. The summed E-state index contributed by atoms with van der Waals surface area (Å²) in [5.41, 5.74) is 0. The smallest absolute Gasteiger partial charge is 0.220 e. The zero-order chi connectivity index (χ0) is 59.0. The lowest BCUT2D eigenvalue weighted by Crippen LogP contribution is -2.66. The molecular formula is C62H113NO18. The van der Waals surface area contributed by atoms with Crippen LogP contribution in [0, 0.1) is 0 Å². The van der Waals surface area contributed by atoms with Gasteiger partial charge in [-0.3, -0.25) is 4.79 Å². The minimum Gasteiger partial charge on any atom is -0.394 e. The van der Waals surface area contributed by atoms with Gasteiger partial charge in [0.2, 0.25) is 5.91 Å². The van der Waals surface area contributed by atoms with Crippen molar-refractivity contribution in [2.24, 2.45) is 0 Å². The maximum Gasteiger partial charge on any atom is 0.220 e. The van der Waals surface area contributed by atoms with Crippen molar-refractivity contribution in [1.29, 1.82) is 0 Å². The van der Waals surface area contributed by atoms with E-state index in [9.17, 15) is 61.0 Å². The third-order valence-electron chi connectivity index (χ3n) is 15.9. The molecule has 3 aliphatic rings. The Hall–Kier alpha value is -1.99. The first-order chi connectivity index (χ1) is 39.3. The summed E-state index contributed by atoms with van der Waals surface area (Å²) >= 11 is 0. The Morgan fingerprint density at radius 1 is 0.444 bits per heavy atom. The Morgan fingerprint density at radius 3 is 1.28 bits per heavy atom. The minimum atomic E-state index is -1.97. The van der Waals surface area contributed by atoms with Gasteiger partial charge in [0.25, 0.3) is 0 Å². The lowest BCUT2D eigenvalue weighted by atomic mass is 9.96. The molecule has 0 radical (unpaired) electrons. The van der Waals surface area contributed by atoms with Crippen LogP contribution in [0.1, 0.15) is 219 Å². The number of aliphatic hydroxyl groups excluding tert-OH is 11. The van der Waals surface area contributed by atoms with Crippen LogP contribution in [-0.2, 0) is 33.2 Å². The summed E-state index contributed by atoms with van der Waals surface area (Å²) in [5.74, 6) is -0.281. The van der Waals surface area contributed by atoms with Crippen LogP contribution in [-0.4, -0.2) is 193 Å². The van der Waals surface area contributed by atoms with Crippen molar-refractivity contribution in [1.82, 2.24) is 5.32 Å². The van der Waals surface area contributed by atoms with Crippen LogP contribution in [0.25, 0.3) is 0 Å². The molecule has 17 unspecified atom stereocenters. The molecular weight excluding hydrogens is 1050 g/mol. The number of unbranched alkanes of at least 4 members (excludes halogenated alkanes) is 27. The van der Waals surface area contributed by atoms with Gasteiger partial charge in [-0.2, -0.15) is 0 Å². The zero-order valence-electron chi connectivity index (χ0n) is 49.5. The number of amides is 1. The summed E-state index contributed by atoms with van der Waals surface area (Å²) in [4.78, 5) is 13.2. The normalized spacial score (nSPS) is 30.0. The van der Waals surface area contributed by atoms with Crippen molar-refractivity contribution in [2.75, 3.05) is 26.4 Å². The van der Waals surface area contributed by atoms with E-state index < -0.39 is 124 Å². The molecule has 0 aliphatic carbocycles. The zero-order valence-corrected chi connectivity index (χ0v) is 49.5. The number of aliphatic hydroxyl groups is 11. The summed E-state index contributed by atoms with van der Waals surface area (Å²) in [7, 11) is 0. The van der Waals surface area contributed by atoms with Gasteiger partial charge >= 0.3 is 0 Å². The van der Waals surface area contributed by atoms with Crippen LogP contribution >= 0.6 is 0 Å². The molecule has 0 aromatic heterocycles. The van der Waals surface area contributed by atoms with E-state index in [4.69, 9.17) is 28.4 Å². The summed E-state index contributed by atoms with van der Waals surface area (Å²) in [6, 6.07) is -0.967. The van der Waals surface area contributed by atoms with E-state index in [1.54, 1.807) is 6.08 Å². The second kappa shape index (κ2) is 45.3. The predicted molar refractivity (Wildman–Crippen MR) is 309 cm³/mol. The average molecular weight is 1160 g/mol. The molecule has 3 aliphatic heterocycles. The number of ether oxygens (including phenoxy) is 6. The van der Waals surface area contributed by atoms with E-state index in [1.165, 1.54) is 141 Å². The molecule has 474 valence electrons. The van der Waals surface area contributed by atoms with Gasteiger partial charge in [0.1, 0.15) is 73.2 Å². The van der Waals surface area contributed by atoms with E-state index in [-0.39, 0.29) is 18.9 Å². The number of allylic oxidation sites excluding steroid dienone is 5. The molecule has 0 bridgehead atoms. The Balaban J connectivity index is 1.30. The Kier molecular flexibility index (Phi) is 41.0. The fourth-order valence-corrected chi connectivity index (χ4v) is 10.7. The van der Waals surface area contributed by atoms with Crippen LogP contribution in [0.5, 0.6) is 0 Å². The topological polar surface area (TPSA) is 307 Å². The summed E-state index contributed by atoms with van der Waals surface area (Å²) in [6.07, 6.45) is 23.7. The largest absolute Gasteiger partial charge is 0.394 e. The van der Waals surface area contributed by atoms with Crippen molar-refractivity contribution in [2.45, 2.75) is 324 Å². The molecule has 0 saturated carbocycles. The van der Waals surface area contributed by atoms with Crippen LogP contribution in [0.2, 0.25) is 0 Å². The van der Waals surface area contributed by atoms with E-state index in [2.05, 4.69) is 43.5 Å². The van der Waals surface area contributed by atoms with Crippen LogP contribution in [0.15, 0.2) is 36.5 Å². The average Bonchev–Trinajstić information content (AvgIpc) is 3.48. The lowest BCUT2D eigenvalue weighted by molar-refractivity contribution is -0.379. The van der Waals surface area contributed by atoms with Gasteiger partial charge in [-0.1, -0.05) is 198 Å². The van der Waals surface area contributed by atoms with E-state index in [1.807, 2.05) is 6.08 Å². The predicted octanol–water partition coefficient (Wildman–Crippen LogP) is 6.49. The van der Waals surface area contributed by atoms with E-state index >= 15 is 0 Å². The molecule has 12 N–H and O–H groups in total. The van der Waals surface area contributed by atoms with Gasteiger partial charge in [-0.15, -0.1) is 0 Å².